The van der Waals surface area contributed by atoms with Gasteiger partial charge in [-0.2, -0.15) is 0 Å². The molecule has 0 aromatic heterocycles. The monoisotopic (exact) mass is 254 g/mol. The van der Waals surface area contributed by atoms with Gasteiger partial charge in [0.1, 0.15) is 0 Å². The molecule has 3 rings (SSSR count). The fraction of sp³-hybridized carbons (Fsp3) is 1.00. The smallest absolute Gasteiger partial charge is 0.170 e. The molecule has 0 N–H and O–H groups in total. The highest BCUT2D eigenvalue weighted by Gasteiger charge is 2.53. The van der Waals surface area contributed by atoms with E-state index in [9.17, 15) is 0 Å². The third-order valence-electron chi connectivity index (χ3n) is 5.16. The summed E-state index contributed by atoms with van der Waals surface area (Å²) in [6, 6.07) is 0. The molecule has 2 unspecified atom stereocenters. The molecule has 2 heterocycles. The third-order valence-corrected chi connectivity index (χ3v) is 5.16. The Morgan fingerprint density at radius 3 is 2.44 bits per heavy atom. The van der Waals surface area contributed by atoms with Crippen LogP contribution in [0.5, 0.6) is 0 Å². The largest absolute Gasteiger partial charge is 0.369 e. The Kier molecular flexibility index (Phi) is 3.41. The molecule has 3 fully saturated rings. The summed E-state index contributed by atoms with van der Waals surface area (Å²) in [6.45, 7) is 6.91. The zero-order valence-corrected chi connectivity index (χ0v) is 11.7. The lowest BCUT2D eigenvalue weighted by molar-refractivity contribution is -0.195. The van der Waals surface area contributed by atoms with Crippen molar-refractivity contribution in [2.24, 2.45) is 11.8 Å². The first-order chi connectivity index (χ1) is 8.67. The molecule has 3 nitrogen and oxygen atoms in total. The molecule has 0 aromatic carbocycles. The normalized spacial score (nSPS) is 38.5. The Bertz CT molecular complexity index is 290. The molecule has 1 saturated carbocycles. The average molecular weight is 254 g/mol. The van der Waals surface area contributed by atoms with Gasteiger partial charge in [0.15, 0.2) is 5.79 Å². The number of ether oxygens (including phenoxy) is 3. The van der Waals surface area contributed by atoms with E-state index in [0.29, 0.717) is 5.92 Å². The van der Waals surface area contributed by atoms with Crippen LogP contribution in [0, 0.1) is 11.8 Å². The van der Waals surface area contributed by atoms with Crippen LogP contribution in [0.2, 0.25) is 0 Å². The van der Waals surface area contributed by atoms with Crippen molar-refractivity contribution < 1.29 is 14.2 Å². The summed E-state index contributed by atoms with van der Waals surface area (Å²) in [5, 5.41) is 0. The maximum atomic E-state index is 5.92. The lowest BCUT2D eigenvalue weighted by Gasteiger charge is -2.35. The van der Waals surface area contributed by atoms with Crippen LogP contribution in [-0.4, -0.2) is 31.2 Å². The molecule has 1 spiro atoms. The van der Waals surface area contributed by atoms with Gasteiger partial charge >= 0.3 is 0 Å². The van der Waals surface area contributed by atoms with Gasteiger partial charge in [-0.05, 0) is 25.2 Å². The first-order valence-corrected chi connectivity index (χ1v) is 7.59. The van der Waals surface area contributed by atoms with Gasteiger partial charge in [0.25, 0.3) is 0 Å². The molecule has 2 aliphatic heterocycles. The van der Waals surface area contributed by atoms with E-state index < -0.39 is 0 Å². The van der Waals surface area contributed by atoms with Crippen LogP contribution >= 0.6 is 0 Å². The van der Waals surface area contributed by atoms with E-state index >= 15 is 0 Å². The van der Waals surface area contributed by atoms with Gasteiger partial charge in [0.05, 0.1) is 25.4 Å². The highest BCUT2D eigenvalue weighted by molar-refractivity contribution is 5.01. The highest BCUT2D eigenvalue weighted by Crippen LogP contribution is 2.49. The number of epoxide rings is 1. The van der Waals surface area contributed by atoms with Crippen LogP contribution in [-0.2, 0) is 14.2 Å². The minimum Gasteiger partial charge on any atom is -0.369 e. The summed E-state index contributed by atoms with van der Waals surface area (Å²) in [5.74, 6) is 0.849. The van der Waals surface area contributed by atoms with Gasteiger partial charge in [-0.1, -0.05) is 26.7 Å². The molecule has 1 aliphatic carbocycles. The molecule has 2 saturated heterocycles. The Morgan fingerprint density at radius 1 is 1.11 bits per heavy atom. The van der Waals surface area contributed by atoms with Gasteiger partial charge in [-0.25, -0.2) is 0 Å². The van der Waals surface area contributed by atoms with Crippen LogP contribution in [0.4, 0.5) is 0 Å². The number of hydrogen-bond acceptors (Lipinski definition) is 3. The maximum absolute atomic E-state index is 5.92. The Hall–Kier alpha value is -0.120. The second-order valence-corrected chi connectivity index (χ2v) is 6.50. The minimum absolute atomic E-state index is 0.259. The topological polar surface area (TPSA) is 31.0 Å². The second kappa shape index (κ2) is 4.77. The molecule has 18 heavy (non-hydrogen) atoms. The van der Waals surface area contributed by atoms with Crippen LogP contribution in [0.25, 0.3) is 0 Å². The quantitative estimate of drug-likeness (QED) is 0.722. The lowest BCUT2D eigenvalue weighted by Crippen LogP contribution is -2.38. The van der Waals surface area contributed by atoms with Gasteiger partial charge in [-0.3, -0.25) is 0 Å². The summed E-state index contributed by atoms with van der Waals surface area (Å²) in [5.41, 5.74) is 0.259. The highest BCUT2D eigenvalue weighted by atomic mass is 16.7. The fourth-order valence-corrected chi connectivity index (χ4v) is 3.77. The zero-order chi connectivity index (χ0) is 12.6. The van der Waals surface area contributed by atoms with Crippen LogP contribution < -0.4 is 0 Å². The van der Waals surface area contributed by atoms with E-state index in [-0.39, 0.29) is 11.4 Å². The minimum atomic E-state index is -0.312. The molecule has 0 aromatic rings. The van der Waals surface area contributed by atoms with Crippen molar-refractivity contribution in [3.8, 4) is 0 Å². The van der Waals surface area contributed by atoms with E-state index in [1.165, 1.54) is 32.1 Å². The van der Waals surface area contributed by atoms with Crippen molar-refractivity contribution in [2.45, 2.75) is 63.8 Å². The van der Waals surface area contributed by atoms with Crippen molar-refractivity contribution in [2.75, 3.05) is 19.8 Å². The predicted molar refractivity (Wildman–Crippen MR) is 69.3 cm³/mol. The molecule has 0 amide bonds. The number of hydrogen-bond donors (Lipinski definition) is 0. The number of rotatable bonds is 4. The van der Waals surface area contributed by atoms with E-state index in [0.717, 1.165) is 32.2 Å². The SMILES string of the molecule is CC(C)C1(CCC2CCCCC23CO3)OCCO1. The van der Waals surface area contributed by atoms with Crippen molar-refractivity contribution >= 4 is 0 Å². The molecular weight excluding hydrogens is 228 g/mol. The molecule has 2 atom stereocenters. The van der Waals surface area contributed by atoms with Crippen LogP contribution in [0.15, 0.2) is 0 Å². The Balaban J connectivity index is 1.59. The predicted octanol–water partition coefficient (Wildman–Crippen LogP) is 3.12. The first kappa shape index (κ1) is 12.9. The summed E-state index contributed by atoms with van der Waals surface area (Å²) >= 11 is 0. The summed E-state index contributed by atoms with van der Waals surface area (Å²) in [6.07, 6.45) is 7.53. The third kappa shape index (κ3) is 2.21. The molecular formula is C15H26O3. The van der Waals surface area contributed by atoms with Gasteiger partial charge in [0.2, 0.25) is 0 Å². The summed E-state index contributed by atoms with van der Waals surface area (Å²) < 4.78 is 17.6. The molecule has 0 radical (unpaired) electrons. The van der Waals surface area contributed by atoms with Crippen molar-refractivity contribution in [1.82, 2.24) is 0 Å². The fourth-order valence-electron chi connectivity index (χ4n) is 3.77. The van der Waals surface area contributed by atoms with E-state index in [4.69, 9.17) is 14.2 Å². The van der Waals surface area contributed by atoms with E-state index in [1.54, 1.807) is 0 Å². The van der Waals surface area contributed by atoms with Crippen molar-refractivity contribution in [3.05, 3.63) is 0 Å². The van der Waals surface area contributed by atoms with E-state index in [1.807, 2.05) is 0 Å². The molecule has 104 valence electrons. The van der Waals surface area contributed by atoms with Crippen molar-refractivity contribution in [1.29, 1.82) is 0 Å². The zero-order valence-electron chi connectivity index (χ0n) is 11.7. The maximum Gasteiger partial charge on any atom is 0.170 e. The van der Waals surface area contributed by atoms with Crippen molar-refractivity contribution in [3.63, 3.8) is 0 Å². The van der Waals surface area contributed by atoms with Gasteiger partial charge in [-0.15, -0.1) is 0 Å². The Morgan fingerprint density at radius 2 is 1.83 bits per heavy atom. The van der Waals surface area contributed by atoms with Crippen LogP contribution in [0.1, 0.15) is 52.4 Å². The van der Waals surface area contributed by atoms with E-state index in [2.05, 4.69) is 13.8 Å². The molecule has 3 heteroatoms. The molecule has 0 bridgehead atoms. The molecule has 3 aliphatic rings. The summed E-state index contributed by atoms with van der Waals surface area (Å²) in [7, 11) is 0. The van der Waals surface area contributed by atoms with Crippen LogP contribution in [0.3, 0.4) is 0 Å². The lowest BCUT2D eigenvalue weighted by atomic mass is 9.76. The second-order valence-electron chi connectivity index (χ2n) is 6.50. The average Bonchev–Trinajstić information content (AvgIpc) is 2.95. The Labute approximate surface area is 110 Å². The first-order valence-electron chi connectivity index (χ1n) is 7.59. The van der Waals surface area contributed by atoms with Gasteiger partial charge < -0.3 is 14.2 Å². The standard InChI is InChI=1S/C15H26O3/c1-12(2)15(16-9-10-17-15)8-6-13-5-3-4-7-14(13)11-18-14/h12-13H,3-11H2,1-2H3. The summed E-state index contributed by atoms with van der Waals surface area (Å²) in [4.78, 5) is 0. The van der Waals surface area contributed by atoms with Gasteiger partial charge in [0, 0.05) is 12.3 Å².